The lowest BCUT2D eigenvalue weighted by molar-refractivity contribution is -0.132. The summed E-state index contributed by atoms with van der Waals surface area (Å²) in [6.45, 7) is 4.08. The molecule has 0 bridgehead atoms. The van der Waals surface area contributed by atoms with E-state index in [1.54, 1.807) is 0 Å². The number of aliphatic hydroxyl groups excluding tert-OH is 4. The second kappa shape index (κ2) is 42.5. The van der Waals surface area contributed by atoms with Crippen molar-refractivity contribution < 1.29 is 25.2 Å². The summed E-state index contributed by atoms with van der Waals surface area (Å²) in [5.41, 5.74) is 0. The molecule has 318 valence electrons. The molecule has 5 N–H and O–H groups in total. The van der Waals surface area contributed by atoms with Crippen LogP contribution in [0.1, 0.15) is 264 Å². The van der Waals surface area contributed by atoms with E-state index in [1.165, 1.54) is 199 Å². The summed E-state index contributed by atoms with van der Waals surface area (Å²) in [5, 5.41) is 43.8. The minimum Gasteiger partial charge on any atom is -0.394 e. The standard InChI is InChI=1S/C47H95NO5/c1-3-5-7-9-11-13-15-17-19-21-22-23-25-27-29-31-33-35-37-39-41-45(51)47(53)48-43(42-49)46(52)44(50)40-38-36-34-32-30-28-26-24-20-18-16-14-12-10-8-6-4-2/h43-46,49-52H,3-42H2,1-2H3,(H,48,53)/t43-,44+,45-,46-/m0/s1. The van der Waals surface area contributed by atoms with Crippen molar-refractivity contribution in [3.8, 4) is 0 Å². The largest absolute Gasteiger partial charge is 0.394 e. The smallest absolute Gasteiger partial charge is 0.249 e. The summed E-state index contributed by atoms with van der Waals surface area (Å²) in [7, 11) is 0. The molecule has 0 radical (unpaired) electrons. The van der Waals surface area contributed by atoms with Gasteiger partial charge in [-0.2, -0.15) is 0 Å². The van der Waals surface area contributed by atoms with Gasteiger partial charge in [-0.1, -0.05) is 251 Å². The molecule has 0 saturated heterocycles. The van der Waals surface area contributed by atoms with E-state index in [9.17, 15) is 25.2 Å². The van der Waals surface area contributed by atoms with Crippen LogP contribution in [0.3, 0.4) is 0 Å². The van der Waals surface area contributed by atoms with Gasteiger partial charge in [0.2, 0.25) is 5.91 Å². The van der Waals surface area contributed by atoms with E-state index < -0.39 is 36.9 Å². The molecule has 0 aliphatic rings. The first-order valence-corrected chi connectivity index (χ1v) is 23.9. The van der Waals surface area contributed by atoms with Crippen LogP contribution in [0.2, 0.25) is 0 Å². The molecule has 0 heterocycles. The highest BCUT2D eigenvalue weighted by atomic mass is 16.3. The van der Waals surface area contributed by atoms with Gasteiger partial charge in [-0.15, -0.1) is 0 Å². The maximum atomic E-state index is 12.5. The van der Waals surface area contributed by atoms with Crippen molar-refractivity contribution in [2.24, 2.45) is 0 Å². The minimum atomic E-state index is -1.25. The van der Waals surface area contributed by atoms with E-state index >= 15 is 0 Å². The van der Waals surface area contributed by atoms with E-state index in [-0.39, 0.29) is 0 Å². The van der Waals surface area contributed by atoms with Crippen LogP contribution < -0.4 is 5.32 Å². The molecule has 4 atom stereocenters. The molecule has 6 nitrogen and oxygen atoms in total. The molecule has 0 unspecified atom stereocenters. The Hall–Kier alpha value is -0.690. The number of unbranched alkanes of at least 4 members (excludes halogenated alkanes) is 35. The maximum Gasteiger partial charge on any atom is 0.249 e. The van der Waals surface area contributed by atoms with Crippen molar-refractivity contribution in [1.29, 1.82) is 0 Å². The third-order valence-electron chi connectivity index (χ3n) is 11.6. The number of aliphatic hydroxyl groups is 4. The molecular formula is C47H95NO5. The third kappa shape index (κ3) is 36.7. The summed E-state index contributed by atoms with van der Waals surface area (Å²) < 4.78 is 0. The number of hydrogen-bond donors (Lipinski definition) is 5. The Bertz CT molecular complexity index is 721. The van der Waals surface area contributed by atoms with Gasteiger partial charge in [-0.25, -0.2) is 0 Å². The number of carbonyl (C=O) groups is 1. The molecule has 0 aromatic carbocycles. The zero-order chi connectivity index (χ0) is 38.9. The number of carbonyl (C=O) groups excluding carboxylic acids is 1. The monoisotopic (exact) mass is 754 g/mol. The minimum absolute atomic E-state index is 0.376. The highest BCUT2D eigenvalue weighted by Crippen LogP contribution is 2.18. The van der Waals surface area contributed by atoms with Gasteiger partial charge in [0, 0.05) is 0 Å². The predicted molar refractivity (Wildman–Crippen MR) is 228 cm³/mol. The van der Waals surface area contributed by atoms with Crippen LogP contribution in [0, 0.1) is 0 Å². The Morgan fingerprint density at radius 2 is 0.642 bits per heavy atom. The molecule has 0 fully saturated rings. The van der Waals surface area contributed by atoms with Crippen LogP contribution in [0.4, 0.5) is 0 Å². The molecule has 0 rings (SSSR count). The molecule has 0 aromatic heterocycles. The number of hydrogen-bond acceptors (Lipinski definition) is 5. The quantitative estimate of drug-likeness (QED) is 0.0398. The highest BCUT2D eigenvalue weighted by Gasteiger charge is 2.28. The Kier molecular flexibility index (Phi) is 41.9. The Morgan fingerprint density at radius 3 is 0.906 bits per heavy atom. The molecule has 6 heteroatoms. The second-order valence-corrected chi connectivity index (χ2v) is 16.8. The number of amides is 1. The van der Waals surface area contributed by atoms with Crippen molar-refractivity contribution in [2.75, 3.05) is 6.61 Å². The van der Waals surface area contributed by atoms with Gasteiger partial charge in [-0.3, -0.25) is 4.79 Å². The van der Waals surface area contributed by atoms with Gasteiger partial charge in [0.1, 0.15) is 12.2 Å². The summed E-state index contributed by atoms with van der Waals surface area (Å²) in [6, 6.07) is -0.979. The van der Waals surface area contributed by atoms with E-state index in [0.29, 0.717) is 12.8 Å². The average Bonchev–Trinajstić information content (AvgIpc) is 3.16. The van der Waals surface area contributed by atoms with Gasteiger partial charge >= 0.3 is 0 Å². The third-order valence-corrected chi connectivity index (χ3v) is 11.6. The first kappa shape index (κ1) is 52.3. The highest BCUT2D eigenvalue weighted by molar-refractivity contribution is 5.80. The fourth-order valence-corrected chi connectivity index (χ4v) is 7.76. The predicted octanol–water partition coefficient (Wildman–Crippen LogP) is 12.8. The Labute approximate surface area is 330 Å². The summed E-state index contributed by atoms with van der Waals surface area (Å²) in [5.74, 6) is -0.578. The van der Waals surface area contributed by atoms with Crippen LogP contribution in [-0.4, -0.2) is 57.3 Å². The van der Waals surface area contributed by atoms with Crippen molar-refractivity contribution >= 4 is 5.91 Å². The van der Waals surface area contributed by atoms with E-state index in [0.717, 1.165) is 38.5 Å². The van der Waals surface area contributed by atoms with Crippen LogP contribution in [0.25, 0.3) is 0 Å². The first-order valence-electron chi connectivity index (χ1n) is 23.9. The van der Waals surface area contributed by atoms with Crippen LogP contribution >= 0.6 is 0 Å². The summed E-state index contributed by atoms with van der Waals surface area (Å²) >= 11 is 0. The van der Waals surface area contributed by atoms with Gasteiger partial charge in [0.15, 0.2) is 0 Å². The van der Waals surface area contributed by atoms with Crippen LogP contribution in [0.15, 0.2) is 0 Å². The van der Waals surface area contributed by atoms with Crippen LogP contribution in [-0.2, 0) is 4.79 Å². The van der Waals surface area contributed by atoms with E-state index in [4.69, 9.17) is 0 Å². The maximum absolute atomic E-state index is 12.5. The number of rotatable bonds is 44. The Morgan fingerprint density at radius 1 is 0.396 bits per heavy atom. The number of nitrogens with one attached hydrogen (secondary N) is 1. The van der Waals surface area contributed by atoms with Gasteiger partial charge < -0.3 is 25.7 Å². The lowest BCUT2D eigenvalue weighted by atomic mass is 9.99. The molecule has 0 aliphatic carbocycles. The lowest BCUT2D eigenvalue weighted by Crippen LogP contribution is -2.53. The first-order chi connectivity index (χ1) is 26.0. The van der Waals surface area contributed by atoms with Crippen molar-refractivity contribution in [1.82, 2.24) is 5.32 Å². The van der Waals surface area contributed by atoms with Gasteiger partial charge in [0.25, 0.3) is 0 Å². The van der Waals surface area contributed by atoms with Crippen molar-refractivity contribution in [3.05, 3.63) is 0 Å². The molecule has 0 spiro atoms. The summed E-state index contributed by atoms with van der Waals surface area (Å²) in [4.78, 5) is 12.5. The molecular weight excluding hydrogens is 659 g/mol. The lowest BCUT2D eigenvalue weighted by Gasteiger charge is -2.27. The van der Waals surface area contributed by atoms with Gasteiger partial charge in [0.05, 0.1) is 18.8 Å². The average molecular weight is 754 g/mol. The van der Waals surface area contributed by atoms with Crippen molar-refractivity contribution in [2.45, 2.75) is 289 Å². The Balaban J connectivity index is 3.66. The summed E-state index contributed by atoms with van der Waals surface area (Å²) in [6.07, 6.45) is 45.6. The van der Waals surface area contributed by atoms with E-state index in [2.05, 4.69) is 19.2 Å². The van der Waals surface area contributed by atoms with E-state index in [1.807, 2.05) is 0 Å². The molecule has 0 aromatic rings. The fraction of sp³-hybridized carbons (Fsp3) is 0.979. The fourth-order valence-electron chi connectivity index (χ4n) is 7.76. The van der Waals surface area contributed by atoms with Crippen molar-refractivity contribution in [3.63, 3.8) is 0 Å². The SMILES string of the molecule is CCCCCCCCCCCCCCCCCCCCCC[C@H](O)C(=O)N[C@@H](CO)[C@H](O)[C@H](O)CCCCCCCCCCCCCCCCCCC. The topological polar surface area (TPSA) is 110 Å². The zero-order valence-corrected chi connectivity index (χ0v) is 35.8. The molecule has 53 heavy (non-hydrogen) atoms. The normalized spacial score (nSPS) is 14.0. The molecule has 0 aliphatic heterocycles. The molecule has 1 amide bonds. The van der Waals surface area contributed by atoms with Crippen LogP contribution in [0.5, 0.6) is 0 Å². The molecule has 0 saturated carbocycles. The van der Waals surface area contributed by atoms with Gasteiger partial charge in [-0.05, 0) is 12.8 Å². The second-order valence-electron chi connectivity index (χ2n) is 16.8. The zero-order valence-electron chi connectivity index (χ0n) is 35.8.